The maximum atomic E-state index is 10.6. The molecule has 3 aromatic rings. The lowest BCUT2D eigenvalue weighted by Crippen LogP contribution is -2.30. The van der Waals surface area contributed by atoms with Gasteiger partial charge in [0.25, 0.3) is 0 Å². The standard InChI is InChI=1S/C17H17NO2/c1-17(2,19)15(12-6-4-3-5-7-12)16-13-9-11-20-14(13)8-10-18-16/h3-11,15,19H,1-2H3. The number of hydrogen-bond donors (Lipinski definition) is 1. The Bertz CT molecular complexity index is 710. The third kappa shape index (κ3) is 2.21. The first kappa shape index (κ1) is 12.9. The topological polar surface area (TPSA) is 46.3 Å². The molecule has 2 heterocycles. The number of furan rings is 1. The van der Waals surface area contributed by atoms with Crippen LogP contribution in [0, 0.1) is 0 Å². The van der Waals surface area contributed by atoms with E-state index in [1.165, 1.54) is 0 Å². The molecule has 1 aromatic carbocycles. The highest BCUT2D eigenvalue weighted by molar-refractivity contribution is 5.80. The zero-order valence-corrected chi connectivity index (χ0v) is 11.6. The molecule has 1 N–H and O–H groups in total. The van der Waals surface area contributed by atoms with Crippen LogP contribution in [0.2, 0.25) is 0 Å². The maximum Gasteiger partial charge on any atom is 0.137 e. The van der Waals surface area contributed by atoms with Crippen LogP contribution in [0.4, 0.5) is 0 Å². The van der Waals surface area contributed by atoms with Gasteiger partial charge in [-0.1, -0.05) is 30.3 Å². The molecule has 3 rings (SSSR count). The average molecular weight is 267 g/mol. The monoisotopic (exact) mass is 267 g/mol. The Hall–Kier alpha value is -2.13. The van der Waals surface area contributed by atoms with Crippen LogP contribution in [0.25, 0.3) is 11.0 Å². The summed E-state index contributed by atoms with van der Waals surface area (Å²) in [5, 5.41) is 11.6. The van der Waals surface area contributed by atoms with Gasteiger partial charge in [-0.15, -0.1) is 0 Å². The van der Waals surface area contributed by atoms with Gasteiger partial charge in [0, 0.05) is 11.6 Å². The summed E-state index contributed by atoms with van der Waals surface area (Å²) in [7, 11) is 0. The van der Waals surface area contributed by atoms with Gasteiger partial charge in [0.1, 0.15) is 5.58 Å². The van der Waals surface area contributed by atoms with Crippen molar-refractivity contribution >= 4 is 11.0 Å². The second kappa shape index (κ2) is 4.76. The fraction of sp³-hybridized carbons (Fsp3) is 0.235. The lowest BCUT2D eigenvalue weighted by atomic mass is 9.81. The van der Waals surface area contributed by atoms with Gasteiger partial charge in [0.05, 0.1) is 23.5 Å². The highest BCUT2D eigenvalue weighted by Crippen LogP contribution is 2.37. The predicted molar refractivity (Wildman–Crippen MR) is 78.6 cm³/mol. The molecule has 0 amide bonds. The van der Waals surface area contributed by atoms with Gasteiger partial charge in [0.15, 0.2) is 0 Å². The van der Waals surface area contributed by atoms with Crippen LogP contribution in [0.5, 0.6) is 0 Å². The van der Waals surface area contributed by atoms with E-state index in [1.54, 1.807) is 12.5 Å². The van der Waals surface area contributed by atoms with Gasteiger partial charge < -0.3 is 9.52 Å². The second-order valence-corrected chi connectivity index (χ2v) is 5.53. The van der Waals surface area contributed by atoms with E-state index in [0.717, 1.165) is 22.2 Å². The van der Waals surface area contributed by atoms with Gasteiger partial charge in [-0.3, -0.25) is 4.98 Å². The normalized spacial score (nSPS) is 13.6. The Kier molecular flexibility index (Phi) is 3.07. The molecule has 0 bridgehead atoms. The van der Waals surface area contributed by atoms with Crippen LogP contribution >= 0.6 is 0 Å². The van der Waals surface area contributed by atoms with E-state index in [2.05, 4.69) is 4.98 Å². The summed E-state index contributed by atoms with van der Waals surface area (Å²) >= 11 is 0. The predicted octanol–water partition coefficient (Wildman–Crippen LogP) is 3.73. The Balaban J connectivity index is 2.23. The lowest BCUT2D eigenvalue weighted by molar-refractivity contribution is 0.0620. The summed E-state index contributed by atoms with van der Waals surface area (Å²) < 4.78 is 5.44. The Morgan fingerprint density at radius 3 is 2.55 bits per heavy atom. The van der Waals surface area contributed by atoms with Crippen molar-refractivity contribution < 1.29 is 9.52 Å². The molecule has 0 aliphatic carbocycles. The number of aliphatic hydroxyl groups is 1. The van der Waals surface area contributed by atoms with Crippen LogP contribution in [0.15, 0.2) is 59.3 Å². The molecule has 2 aromatic heterocycles. The molecule has 102 valence electrons. The zero-order chi connectivity index (χ0) is 14.2. The molecular formula is C17H17NO2. The van der Waals surface area contributed by atoms with Crippen molar-refractivity contribution in [2.75, 3.05) is 0 Å². The van der Waals surface area contributed by atoms with Crippen LogP contribution in [0.3, 0.4) is 0 Å². The number of fused-ring (bicyclic) bond motifs is 1. The average Bonchev–Trinajstić information content (AvgIpc) is 2.88. The second-order valence-electron chi connectivity index (χ2n) is 5.53. The minimum Gasteiger partial charge on any atom is -0.464 e. The Morgan fingerprint density at radius 1 is 1.10 bits per heavy atom. The van der Waals surface area contributed by atoms with E-state index in [9.17, 15) is 5.11 Å². The van der Waals surface area contributed by atoms with Crippen molar-refractivity contribution in [3.8, 4) is 0 Å². The number of hydrogen-bond acceptors (Lipinski definition) is 3. The minimum atomic E-state index is -0.917. The smallest absolute Gasteiger partial charge is 0.137 e. The van der Waals surface area contributed by atoms with Crippen molar-refractivity contribution in [2.45, 2.75) is 25.4 Å². The van der Waals surface area contributed by atoms with Crippen molar-refractivity contribution in [1.29, 1.82) is 0 Å². The third-order valence-corrected chi connectivity index (χ3v) is 3.52. The van der Waals surface area contributed by atoms with Crippen molar-refractivity contribution in [3.63, 3.8) is 0 Å². The van der Waals surface area contributed by atoms with E-state index in [4.69, 9.17) is 4.42 Å². The Labute approximate surface area is 117 Å². The largest absolute Gasteiger partial charge is 0.464 e. The molecule has 3 nitrogen and oxygen atoms in total. The highest BCUT2D eigenvalue weighted by Gasteiger charge is 2.32. The molecule has 0 aliphatic heterocycles. The molecule has 0 aliphatic rings. The van der Waals surface area contributed by atoms with Crippen molar-refractivity contribution in [2.24, 2.45) is 0 Å². The van der Waals surface area contributed by atoms with E-state index >= 15 is 0 Å². The molecular weight excluding hydrogens is 250 g/mol. The maximum absolute atomic E-state index is 10.6. The molecule has 0 saturated carbocycles. The molecule has 1 atom stereocenters. The molecule has 3 heteroatoms. The van der Waals surface area contributed by atoms with E-state index < -0.39 is 5.60 Å². The van der Waals surface area contributed by atoms with Gasteiger partial charge in [-0.2, -0.15) is 0 Å². The van der Waals surface area contributed by atoms with Gasteiger partial charge in [0.2, 0.25) is 0 Å². The first-order chi connectivity index (χ1) is 9.57. The minimum absolute atomic E-state index is 0.204. The molecule has 20 heavy (non-hydrogen) atoms. The number of pyridine rings is 1. The van der Waals surface area contributed by atoms with Gasteiger partial charge >= 0.3 is 0 Å². The van der Waals surface area contributed by atoms with E-state index in [1.807, 2.05) is 56.3 Å². The summed E-state index contributed by atoms with van der Waals surface area (Å²) in [4.78, 5) is 4.50. The Morgan fingerprint density at radius 2 is 1.85 bits per heavy atom. The SMILES string of the molecule is CC(C)(O)C(c1ccccc1)c1nccc2occc12. The summed E-state index contributed by atoms with van der Waals surface area (Å²) in [6.07, 6.45) is 3.38. The van der Waals surface area contributed by atoms with Crippen LogP contribution in [-0.4, -0.2) is 15.7 Å². The third-order valence-electron chi connectivity index (χ3n) is 3.52. The van der Waals surface area contributed by atoms with Crippen LogP contribution in [-0.2, 0) is 0 Å². The van der Waals surface area contributed by atoms with Crippen molar-refractivity contribution in [1.82, 2.24) is 4.98 Å². The molecule has 0 fully saturated rings. The van der Waals surface area contributed by atoms with Crippen LogP contribution < -0.4 is 0 Å². The summed E-state index contributed by atoms with van der Waals surface area (Å²) in [5.41, 5.74) is 1.76. The lowest BCUT2D eigenvalue weighted by Gasteiger charge is -2.29. The fourth-order valence-corrected chi connectivity index (χ4v) is 2.69. The van der Waals surface area contributed by atoms with E-state index in [-0.39, 0.29) is 5.92 Å². The number of aromatic nitrogens is 1. The molecule has 0 radical (unpaired) electrons. The number of rotatable bonds is 3. The van der Waals surface area contributed by atoms with Crippen molar-refractivity contribution in [3.05, 3.63) is 66.2 Å². The first-order valence-electron chi connectivity index (χ1n) is 6.67. The van der Waals surface area contributed by atoms with E-state index in [0.29, 0.717) is 0 Å². The van der Waals surface area contributed by atoms with Crippen LogP contribution in [0.1, 0.15) is 31.0 Å². The number of nitrogens with zero attached hydrogens (tertiary/aromatic N) is 1. The summed E-state index contributed by atoms with van der Waals surface area (Å²) in [6.45, 7) is 3.62. The first-order valence-corrected chi connectivity index (χ1v) is 6.67. The highest BCUT2D eigenvalue weighted by atomic mass is 16.3. The molecule has 0 saturated heterocycles. The summed E-state index contributed by atoms with van der Waals surface area (Å²) in [6, 6.07) is 13.7. The fourth-order valence-electron chi connectivity index (χ4n) is 2.69. The zero-order valence-electron chi connectivity index (χ0n) is 11.6. The quantitative estimate of drug-likeness (QED) is 0.786. The van der Waals surface area contributed by atoms with Gasteiger partial charge in [-0.05, 0) is 31.5 Å². The van der Waals surface area contributed by atoms with Gasteiger partial charge in [-0.25, -0.2) is 0 Å². The summed E-state index contributed by atoms with van der Waals surface area (Å²) in [5.74, 6) is -0.204. The molecule has 0 spiro atoms. The number of benzene rings is 1. The molecule has 1 unspecified atom stereocenters.